The Kier molecular flexibility index (Phi) is 48.1. The predicted octanol–water partition coefficient (Wildman–Crippen LogP) is 23.9. The Labute approximate surface area is 780 Å². The smallest absolute Gasteiger partial charge is 0.366 e. The fourth-order valence-corrected chi connectivity index (χ4v) is 10.7. The zero-order chi connectivity index (χ0) is 88.2. The third kappa shape index (κ3) is 42.6. The largest absolute Gasteiger partial charge is 2.00 e. The molecule has 15 nitrogen and oxygen atoms in total. The van der Waals surface area contributed by atoms with Crippen LogP contribution < -0.4 is 18.6 Å². The van der Waals surface area contributed by atoms with Gasteiger partial charge in [-0.05, 0) is 123 Å². The summed E-state index contributed by atoms with van der Waals surface area (Å²) in [5.41, 5.74) is 24.9. The van der Waals surface area contributed by atoms with Crippen LogP contribution in [0.3, 0.4) is 0 Å². The Hall–Kier alpha value is -12.9. The van der Waals surface area contributed by atoms with Crippen molar-refractivity contribution in [1.82, 2.24) is 39.9 Å². The van der Waals surface area contributed by atoms with E-state index in [1.165, 1.54) is 0 Å². The number of rotatable bonds is 8. The maximum Gasteiger partial charge on any atom is 2.00 e. The molecule has 8 heterocycles. The minimum atomic E-state index is -10.7. The number of aromatic nitrogens is 8. The Bertz CT molecular complexity index is 5180. The van der Waals surface area contributed by atoms with E-state index >= 15 is 0 Å². The molecule has 0 radical (unpaired) electrons. The Balaban J connectivity index is 0.000000487. The second-order valence-corrected chi connectivity index (χ2v) is 28.2. The van der Waals surface area contributed by atoms with E-state index < -0.39 is 18.1 Å². The van der Waals surface area contributed by atoms with Gasteiger partial charge in [0.25, 0.3) is 0 Å². The van der Waals surface area contributed by atoms with E-state index in [0.29, 0.717) is 0 Å². The predicted molar refractivity (Wildman–Crippen MR) is 466 cm³/mol. The van der Waals surface area contributed by atoms with Crippen molar-refractivity contribution in [3.63, 3.8) is 0 Å². The van der Waals surface area contributed by atoms with Gasteiger partial charge in [-0.1, -0.05) is 222 Å². The topological polar surface area (TPSA) is 208 Å². The second-order valence-electron chi connectivity index (χ2n) is 25.5. The van der Waals surface area contributed by atoms with Gasteiger partial charge in [0.05, 0.1) is 19.7 Å². The molecule has 16 aromatic rings. The van der Waals surface area contributed by atoms with Crippen LogP contribution in [0.25, 0.3) is 105 Å². The van der Waals surface area contributed by atoms with Gasteiger partial charge >= 0.3 is 99.0 Å². The summed E-state index contributed by atoms with van der Waals surface area (Å²) in [4.78, 5) is 44.9. The summed E-state index contributed by atoms with van der Waals surface area (Å²) in [6, 6.07) is 111. The Morgan fingerprint density at radius 3 is 0.512 bits per heavy atom. The van der Waals surface area contributed by atoms with Crippen molar-refractivity contribution in [2.45, 2.75) is 49.0 Å². The zero-order valence-corrected chi connectivity index (χ0v) is 73.5. The third-order valence-corrected chi connectivity index (χ3v) is 16.3. The van der Waals surface area contributed by atoms with E-state index in [0.717, 1.165) is 146 Å². The fraction of sp³-hybridized carbons (Fsp3) is 0.0700. The van der Waals surface area contributed by atoms with Gasteiger partial charge in [0, 0.05) is 95.1 Å². The molecule has 8 aromatic carbocycles. The maximum absolute atomic E-state index is 10.7. The number of hydrogen-bond donors (Lipinski definition) is 0. The van der Waals surface area contributed by atoms with Crippen LogP contribution >= 0.6 is 7.81 Å². The van der Waals surface area contributed by atoms with Gasteiger partial charge in [0.15, 0.2) is 17.1 Å². The molecule has 0 aliphatic carbocycles. The van der Waals surface area contributed by atoms with Crippen LogP contribution in [-0.2, 0) is 66.0 Å². The molecule has 127 heavy (non-hydrogen) atoms. The standard InChI is InChI=1S/4C16H11N2.3C9H9N.C8H5.CH4.ClHO4.F6P.4Ni/c4*1-3-10-17-15(8-1)13-6-5-7-14(12-13)16-9-2-4-11-18-16;3*1-7-5-4-6-8(2)9(7)10-3;1-2-8-6-4-3-5-7-8;;2-1(3,4)5;1-7(2,3,4,5)6;;;;/h4*1-11H;3*4-6H,1-2H3;3-7H;1H4;(H,2,3,4,5);;;;;/q4*-1;;;;-1;;;-1;4*+2/p-1. The van der Waals surface area contributed by atoms with Gasteiger partial charge < -0.3 is 6.42 Å². The summed E-state index contributed by atoms with van der Waals surface area (Å²) in [5.74, 6) is 2.28. The SMILES string of the molecule is C.F[P-](F)(F)(F)(F)F.[C-]#Cc1ccccc1.[C-]#[N+]c1c(C)cccc1C.[C-]#[N+]c1c(C)cccc1C.[C-]#[N+]c1c(C)cccc1C.[Ni+2].[Ni+2].[Ni+2].[Ni+2].[O-][Cl+3]([O-])([O-])[O-].[c-]1c(-c2ccccn2)cccc1-c1ccccn1.[c-]1c(-c2ccccn2)cccc1-c1ccccn1.[c-]1c(-c2ccccn2)cccc1-c1ccccn1.[c-]1c(-c2ccccn2)cccc1-c1ccccn1. The van der Waals surface area contributed by atoms with Crippen molar-refractivity contribution in [2.24, 2.45) is 0 Å². The van der Waals surface area contributed by atoms with Gasteiger partial charge in [-0.25, -0.2) is 33.2 Å². The molecule has 0 fully saturated rings. The van der Waals surface area contributed by atoms with Crippen molar-refractivity contribution >= 4 is 24.9 Å². The van der Waals surface area contributed by atoms with E-state index in [2.05, 4.69) is 84.6 Å². The quantitative estimate of drug-likeness (QED) is 0.0458. The second kappa shape index (κ2) is 55.5. The van der Waals surface area contributed by atoms with E-state index in [1.807, 2.05) is 345 Å². The summed E-state index contributed by atoms with van der Waals surface area (Å²) in [5, 5.41) is 0. The summed E-state index contributed by atoms with van der Waals surface area (Å²) in [6.45, 7) is 32.3. The van der Waals surface area contributed by atoms with E-state index in [-0.39, 0.29) is 73.4 Å². The van der Waals surface area contributed by atoms with Crippen molar-refractivity contribution in [3.8, 4) is 96.0 Å². The molecule has 0 N–H and O–H groups in total. The average molecular weight is 1920 g/mol. The molecule has 0 saturated heterocycles. The zero-order valence-electron chi connectivity index (χ0n) is 67.9. The van der Waals surface area contributed by atoms with Gasteiger partial charge in [0.2, 0.25) is 0 Å². The van der Waals surface area contributed by atoms with Crippen LogP contribution in [0.2, 0.25) is 0 Å². The van der Waals surface area contributed by atoms with Crippen LogP contribution in [0.15, 0.2) is 353 Å². The van der Waals surface area contributed by atoms with Crippen LogP contribution in [0.4, 0.5) is 42.2 Å². The number of pyridine rings is 8. The molecule has 0 aliphatic heterocycles. The average Bonchev–Trinajstić information content (AvgIpc) is 0.788. The molecule has 0 unspecified atom stereocenters. The minimum absolute atomic E-state index is 0. The molecule has 0 bridgehead atoms. The first-order chi connectivity index (χ1) is 58.4. The first-order valence-electron chi connectivity index (χ1n) is 36.8. The van der Waals surface area contributed by atoms with E-state index in [1.54, 1.807) is 49.6 Å². The molecule has 16 rings (SSSR count). The number of hydrogen-bond acceptors (Lipinski definition) is 12. The van der Waals surface area contributed by atoms with Crippen LogP contribution in [-0.4, -0.2) is 39.9 Å². The summed E-state index contributed by atoms with van der Waals surface area (Å²) < 4.78 is 93.2. The maximum atomic E-state index is 9.87. The molecule has 0 atom stereocenters. The fourth-order valence-electron chi connectivity index (χ4n) is 10.7. The van der Waals surface area contributed by atoms with Crippen LogP contribution in [0.1, 0.15) is 46.4 Å². The van der Waals surface area contributed by atoms with Crippen LogP contribution in [0.5, 0.6) is 0 Å². The van der Waals surface area contributed by atoms with Crippen molar-refractivity contribution in [1.29, 1.82) is 0 Å². The van der Waals surface area contributed by atoms with Crippen molar-refractivity contribution < 1.29 is 120 Å². The van der Waals surface area contributed by atoms with E-state index in [9.17, 15) is 25.2 Å². The molecule has 0 spiro atoms. The summed E-state index contributed by atoms with van der Waals surface area (Å²) in [6.07, 6.45) is 21.0. The Morgan fingerprint density at radius 2 is 0.402 bits per heavy atom. The van der Waals surface area contributed by atoms with Gasteiger partial charge in [-0.2, -0.15) is 0 Å². The monoisotopic (exact) mass is 1910 g/mol. The molecule has 0 saturated carbocycles. The van der Waals surface area contributed by atoms with Gasteiger partial charge in [0.1, 0.15) is 0 Å². The van der Waals surface area contributed by atoms with Crippen molar-refractivity contribution in [3.05, 3.63) is 457 Å². The molecule has 652 valence electrons. The van der Waals surface area contributed by atoms with Crippen molar-refractivity contribution in [2.75, 3.05) is 0 Å². The number of nitrogens with zero attached hydrogens (tertiary/aromatic N) is 11. The number of aryl methyl sites for hydroxylation is 6. The number of benzene rings is 8. The molecule has 8 aromatic heterocycles. The summed E-state index contributed by atoms with van der Waals surface area (Å²) >= 11 is 0. The molecule has 0 aliphatic rings. The normalized spacial score (nSPS) is 10.1. The van der Waals surface area contributed by atoms with E-state index in [4.69, 9.17) is 44.8 Å². The first kappa shape index (κ1) is 110. The first-order valence-corrected chi connectivity index (χ1v) is 40.0. The number of halogens is 7. The minimum Gasteiger partial charge on any atom is -0.366 e. The molecular formula is C100H80ClF6N11Ni4O4P+. The van der Waals surface area contributed by atoms with Gasteiger partial charge in [-0.3, -0.25) is 45.8 Å². The summed E-state index contributed by atoms with van der Waals surface area (Å²) in [7, 11) is -15.6. The van der Waals surface area contributed by atoms with Crippen LogP contribution in [0, 0.1) is 108 Å². The Morgan fingerprint density at radius 1 is 0.260 bits per heavy atom. The molecule has 0 amide bonds. The third-order valence-electron chi connectivity index (χ3n) is 16.3. The van der Waals surface area contributed by atoms with Gasteiger partial charge in [-0.15, -0.1) is 125 Å². The molecular weight excluding hydrogens is 1830 g/mol. The number of para-hydroxylation sites is 3. The molecule has 27 heteroatoms.